The summed E-state index contributed by atoms with van der Waals surface area (Å²) in [5, 5.41) is 4.88. The third-order valence-corrected chi connectivity index (χ3v) is 5.12. The molecule has 112 valence electrons. The average molecular weight is 300 g/mol. The molecule has 1 aromatic carbocycles. The lowest BCUT2D eigenvalue weighted by atomic mass is 10.1. The van der Waals surface area contributed by atoms with Crippen molar-refractivity contribution in [2.24, 2.45) is 0 Å². The molecule has 1 aromatic heterocycles. The van der Waals surface area contributed by atoms with Crippen LogP contribution in [0.1, 0.15) is 59.3 Å². The summed E-state index contributed by atoms with van der Waals surface area (Å²) >= 11 is 1.89. The van der Waals surface area contributed by atoms with E-state index in [1.807, 2.05) is 11.3 Å². The quantitative estimate of drug-likeness (QED) is 0.854. The van der Waals surface area contributed by atoms with Gasteiger partial charge in [-0.1, -0.05) is 38.1 Å². The lowest BCUT2D eigenvalue weighted by molar-refractivity contribution is 0.680. The van der Waals surface area contributed by atoms with Gasteiger partial charge in [-0.05, 0) is 36.8 Å². The van der Waals surface area contributed by atoms with E-state index in [0.29, 0.717) is 5.92 Å². The fourth-order valence-electron chi connectivity index (χ4n) is 2.56. The van der Waals surface area contributed by atoms with E-state index < -0.39 is 0 Å². The number of nitrogens with zero attached hydrogens (tertiary/aromatic N) is 1. The van der Waals surface area contributed by atoms with Gasteiger partial charge >= 0.3 is 0 Å². The van der Waals surface area contributed by atoms with Crippen molar-refractivity contribution < 1.29 is 0 Å². The molecule has 0 amide bonds. The largest absolute Gasteiger partial charge is 0.309 e. The van der Waals surface area contributed by atoms with Crippen LogP contribution in [-0.2, 0) is 13.0 Å². The molecule has 1 fully saturated rings. The smallest absolute Gasteiger partial charge is 0.0975 e. The monoisotopic (exact) mass is 300 g/mol. The standard InChI is InChI=1S/C18H24N2S/c1-12(2)18-16(11-19-15-8-9-15)21-17(20-18)10-14-7-5-4-6-13(14)3/h4-7,12,15,19H,8-11H2,1-3H3. The van der Waals surface area contributed by atoms with Gasteiger partial charge in [-0.15, -0.1) is 11.3 Å². The lowest BCUT2D eigenvalue weighted by Gasteiger charge is -2.05. The molecular weight excluding hydrogens is 276 g/mol. The molecule has 3 heteroatoms. The highest BCUT2D eigenvalue weighted by Gasteiger charge is 2.22. The minimum absolute atomic E-state index is 0.503. The van der Waals surface area contributed by atoms with Crippen molar-refractivity contribution in [1.82, 2.24) is 10.3 Å². The summed E-state index contributed by atoms with van der Waals surface area (Å²) in [6, 6.07) is 9.38. The molecule has 0 saturated heterocycles. The Bertz CT molecular complexity index is 611. The van der Waals surface area contributed by atoms with Crippen molar-refractivity contribution >= 4 is 11.3 Å². The average Bonchev–Trinajstić information content (AvgIpc) is 3.19. The number of nitrogens with one attached hydrogen (secondary N) is 1. The van der Waals surface area contributed by atoms with E-state index in [0.717, 1.165) is 19.0 Å². The summed E-state index contributed by atoms with van der Waals surface area (Å²) in [4.78, 5) is 6.35. The number of aryl methyl sites for hydroxylation is 1. The van der Waals surface area contributed by atoms with Gasteiger partial charge in [0.25, 0.3) is 0 Å². The SMILES string of the molecule is Cc1ccccc1Cc1nc(C(C)C)c(CNC2CC2)s1. The molecule has 2 nitrogen and oxygen atoms in total. The second-order valence-corrected chi connectivity index (χ2v) is 7.50. The molecule has 0 bridgehead atoms. The van der Waals surface area contributed by atoms with E-state index in [9.17, 15) is 0 Å². The van der Waals surface area contributed by atoms with Crippen LogP contribution in [0.2, 0.25) is 0 Å². The van der Waals surface area contributed by atoms with E-state index in [1.54, 1.807) is 0 Å². The number of hydrogen-bond donors (Lipinski definition) is 1. The molecule has 0 unspecified atom stereocenters. The highest BCUT2D eigenvalue weighted by Crippen LogP contribution is 2.28. The summed E-state index contributed by atoms with van der Waals surface area (Å²) in [7, 11) is 0. The highest BCUT2D eigenvalue weighted by molar-refractivity contribution is 7.11. The van der Waals surface area contributed by atoms with E-state index in [-0.39, 0.29) is 0 Å². The molecule has 2 aromatic rings. The first-order chi connectivity index (χ1) is 10.1. The topological polar surface area (TPSA) is 24.9 Å². The number of rotatable bonds is 6. The molecule has 1 aliphatic carbocycles. The Morgan fingerprint density at radius 1 is 1.29 bits per heavy atom. The van der Waals surface area contributed by atoms with Crippen molar-refractivity contribution in [3.8, 4) is 0 Å². The van der Waals surface area contributed by atoms with E-state index in [1.165, 1.54) is 39.5 Å². The van der Waals surface area contributed by atoms with E-state index in [2.05, 4.69) is 50.4 Å². The van der Waals surface area contributed by atoms with Crippen molar-refractivity contribution in [3.05, 3.63) is 51.0 Å². The predicted molar refractivity (Wildman–Crippen MR) is 90.0 cm³/mol. The summed E-state index contributed by atoms with van der Waals surface area (Å²) in [5.41, 5.74) is 4.04. The van der Waals surface area contributed by atoms with Gasteiger partial charge in [-0.2, -0.15) is 0 Å². The Kier molecular flexibility index (Phi) is 4.41. The van der Waals surface area contributed by atoms with Crippen molar-refractivity contribution in [2.75, 3.05) is 0 Å². The van der Waals surface area contributed by atoms with Gasteiger partial charge in [-0.3, -0.25) is 0 Å². The van der Waals surface area contributed by atoms with Crippen molar-refractivity contribution in [1.29, 1.82) is 0 Å². The molecule has 1 aliphatic rings. The normalized spacial score (nSPS) is 14.9. The van der Waals surface area contributed by atoms with Gasteiger partial charge in [-0.25, -0.2) is 4.98 Å². The maximum absolute atomic E-state index is 4.92. The van der Waals surface area contributed by atoms with Gasteiger partial charge in [0.05, 0.1) is 10.7 Å². The fourth-order valence-corrected chi connectivity index (χ4v) is 3.76. The van der Waals surface area contributed by atoms with Crippen LogP contribution in [0, 0.1) is 6.92 Å². The van der Waals surface area contributed by atoms with Crippen LogP contribution >= 0.6 is 11.3 Å². The van der Waals surface area contributed by atoms with E-state index >= 15 is 0 Å². The molecule has 0 aliphatic heterocycles. The van der Waals surface area contributed by atoms with Crippen LogP contribution in [-0.4, -0.2) is 11.0 Å². The maximum Gasteiger partial charge on any atom is 0.0975 e. The Balaban J connectivity index is 1.78. The van der Waals surface area contributed by atoms with Gasteiger partial charge in [0.1, 0.15) is 0 Å². The van der Waals surface area contributed by atoms with Crippen molar-refractivity contribution in [2.45, 2.75) is 58.5 Å². The first-order valence-corrected chi connectivity index (χ1v) is 8.71. The van der Waals surface area contributed by atoms with Crippen molar-refractivity contribution in [3.63, 3.8) is 0 Å². The first-order valence-electron chi connectivity index (χ1n) is 7.90. The first kappa shape index (κ1) is 14.7. The Labute approximate surface area is 131 Å². The molecule has 0 atom stereocenters. The van der Waals surface area contributed by atoms with Gasteiger partial charge in [0, 0.05) is 23.9 Å². The Morgan fingerprint density at radius 2 is 2.05 bits per heavy atom. The van der Waals surface area contributed by atoms with Gasteiger partial charge < -0.3 is 5.32 Å². The zero-order valence-electron chi connectivity index (χ0n) is 13.1. The highest BCUT2D eigenvalue weighted by atomic mass is 32.1. The number of aromatic nitrogens is 1. The Hall–Kier alpha value is -1.19. The minimum Gasteiger partial charge on any atom is -0.309 e. The second kappa shape index (κ2) is 6.29. The van der Waals surface area contributed by atoms with Crippen LogP contribution in [0.5, 0.6) is 0 Å². The Morgan fingerprint density at radius 3 is 2.71 bits per heavy atom. The molecule has 1 heterocycles. The zero-order chi connectivity index (χ0) is 14.8. The fraction of sp³-hybridized carbons (Fsp3) is 0.500. The second-order valence-electron chi connectivity index (χ2n) is 6.33. The maximum atomic E-state index is 4.92. The molecular formula is C18H24N2S. The summed E-state index contributed by atoms with van der Waals surface area (Å²) in [6.45, 7) is 7.66. The third-order valence-electron chi connectivity index (χ3n) is 4.05. The molecule has 21 heavy (non-hydrogen) atoms. The molecule has 0 spiro atoms. The molecule has 1 N–H and O–H groups in total. The van der Waals surface area contributed by atoms with Gasteiger partial charge in [0.15, 0.2) is 0 Å². The summed E-state index contributed by atoms with van der Waals surface area (Å²) < 4.78 is 0. The summed E-state index contributed by atoms with van der Waals surface area (Å²) in [6.07, 6.45) is 3.64. The van der Waals surface area contributed by atoms with Crippen LogP contribution in [0.25, 0.3) is 0 Å². The zero-order valence-corrected chi connectivity index (χ0v) is 14.0. The summed E-state index contributed by atoms with van der Waals surface area (Å²) in [5.74, 6) is 0.503. The van der Waals surface area contributed by atoms with Crippen LogP contribution in [0.4, 0.5) is 0 Å². The molecule has 0 radical (unpaired) electrons. The number of hydrogen-bond acceptors (Lipinski definition) is 3. The molecule has 1 saturated carbocycles. The van der Waals surface area contributed by atoms with Crippen LogP contribution in [0.15, 0.2) is 24.3 Å². The third kappa shape index (κ3) is 3.72. The molecule has 3 rings (SSSR count). The van der Waals surface area contributed by atoms with E-state index in [4.69, 9.17) is 4.98 Å². The predicted octanol–water partition coefficient (Wildman–Crippen LogP) is 4.42. The van der Waals surface area contributed by atoms with Gasteiger partial charge in [0.2, 0.25) is 0 Å². The van der Waals surface area contributed by atoms with Crippen LogP contribution < -0.4 is 5.32 Å². The van der Waals surface area contributed by atoms with Crippen LogP contribution in [0.3, 0.4) is 0 Å². The number of benzene rings is 1. The number of thiazole rings is 1. The minimum atomic E-state index is 0.503. The lowest BCUT2D eigenvalue weighted by Crippen LogP contribution is -2.15.